The maximum atomic E-state index is 13.8. The molecule has 4 atom stereocenters. The van der Waals surface area contributed by atoms with Gasteiger partial charge in [-0.3, -0.25) is 14.4 Å². The van der Waals surface area contributed by atoms with E-state index in [1.165, 1.54) is 21.9 Å². The van der Waals surface area contributed by atoms with E-state index in [1.54, 1.807) is 12.1 Å². The van der Waals surface area contributed by atoms with E-state index in [-0.39, 0.29) is 43.1 Å². The highest BCUT2D eigenvalue weighted by molar-refractivity contribution is 5.94. The first kappa shape index (κ1) is 27.3. The van der Waals surface area contributed by atoms with Crippen LogP contribution in [-0.4, -0.2) is 58.7 Å². The van der Waals surface area contributed by atoms with Crippen LogP contribution in [0.15, 0.2) is 66.7 Å². The quantitative estimate of drug-likeness (QED) is 0.453. The first-order valence-electron chi connectivity index (χ1n) is 13.1. The zero-order valence-electron chi connectivity index (χ0n) is 21.8. The van der Waals surface area contributed by atoms with Gasteiger partial charge in [0.25, 0.3) is 0 Å². The molecule has 3 aromatic carbocycles. The second-order valence-electron chi connectivity index (χ2n) is 10.0. The SMILES string of the molecule is CCCC1C(=O)N(C(C(N)=O)C(C)c2ccc3ccccc3c2)CCN1C(=O)C(N)Cc1ccc(F)cc1. The molecule has 8 heteroatoms. The van der Waals surface area contributed by atoms with Gasteiger partial charge in [-0.2, -0.15) is 0 Å². The summed E-state index contributed by atoms with van der Waals surface area (Å²) in [5.74, 6) is -1.91. The highest BCUT2D eigenvalue weighted by Crippen LogP contribution is 2.29. The van der Waals surface area contributed by atoms with Crippen molar-refractivity contribution in [3.63, 3.8) is 0 Å². The summed E-state index contributed by atoms with van der Waals surface area (Å²) >= 11 is 0. The van der Waals surface area contributed by atoms with Gasteiger partial charge in [0.1, 0.15) is 17.9 Å². The third-order valence-corrected chi connectivity index (χ3v) is 7.46. The molecule has 38 heavy (non-hydrogen) atoms. The van der Waals surface area contributed by atoms with E-state index in [0.29, 0.717) is 12.8 Å². The fourth-order valence-corrected chi connectivity index (χ4v) is 5.42. The van der Waals surface area contributed by atoms with Gasteiger partial charge in [0.05, 0.1) is 6.04 Å². The second kappa shape index (κ2) is 11.7. The minimum absolute atomic E-state index is 0.180. The van der Waals surface area contributed by atoms with Crippen molar-refractivity contribution in [2.75, 3.05) is 13.1 Å². The Morgan fingerprint density at radius 1 is 1.03 bits per heavy atom. The van der Waals surface area contributed by atoms with Gasteiger partial charge >= 0.3 is 0 Å². The summed E-state index contributed by atoms with van der Waals surface area (Å²) in [4.78, 5) is 43.0. The molecule has 0 aliphatic carbocycles. The maximum absolute atomic E-state index is 13.8. The van der Waals surface area contributed by atoms with Crippen LogP contribution in [0.5, 0.6) is 0 Å². The first-order chi connectivity index (χ1) is 18.2. The Bertz CT molecular complexity index is 1310. The molecule has 7 nitrogen and oxygen atoms in total. The molecular formula is C30H35FN4O3. The Labute approximate surface area is 222 Å². The van der Waals surface area contributed by atoms with E-state index < -0.39 is 24.0 Å². The Balaban J connectivity index is 1.55. The Kier molecular flexibility index (Phi) is 8.42. The summed E-state index contributed by atoms with van der Waals surface area (Å²) < 4.78 is 13.3. The number of nitrogens with two attached hydrogens (primary N) is 2. The number of fused-ring (bicyclic) bond motifs is 1. The van der Waals surface area contributed by atoms with Crippen LogP contribution in [0.2, 0.25) is 0 Å². The number of carbonyl (C=O) groups excluding carboxylic acids is 3. The van der Waals surface area contributed by atoms with Crippen LogP contribution in [0.25, 0.3) is 10.8 Å². The molecule has 200 valence electrons. The van der Waals surface area contributed by atoms with E-state index in [4.69, 9.17) is 11.5 Å². The Morgan fingerprint density at radius 3 is 2.37 bits per heavy atom. The first-order valence-corrected chi connectivity index (χ1v) is 13.1. The predicted molar refractivity (Wildman–Crippen MR) is 146 cm³/mol. The van der Waals surface area contributed by atoms with Crippen molar-refractivity contribution in [1.82, 2.24) is 9.80 Å². The molecule has 4 N–H and O–H groups in total. The van der Waals surface area contributed by atoms with Crippen LogP contribution in [0, 0.1) is 5.82 Å². The van der Waals surface area contributed by atoms with Gasteiger partial charge in [0.15, 0.2) is 0 Å². The normalized spacial score (nSPS) is 18.3. The summed E-state index contributed by atoms with van der Waals surface area (Å²) in [7, 11) is 0. The van der Waals surface area contributed by atoms with Gasteiger partial charge in [-0.15, -0.1) is 0 Å². The van der Waals surface area contributed by atoms with E-state index in [0.717, 1.165) is 21.9 Å². The fourth-order valence-electron chi connectivity index (χ4n) is 5.42. The number of nitrogens with zero attached hydrogens (tertiary/aromatic N) is 2. The largest absolute Gasteiger partial charge is 0.368 e. The van der Waals surface area contributed by atoms with Crippen molar-refractivity contribution >= 4 is 28.5 Å². The summed E-state index contributed by atoms with van der Waals surface area (Å²) in [5, 5.41) is 2.13. The summed E-state index contributed by atoms with van der Waals surface area (Å²) in [5.41, 5.74) is 13.8. The Morgan fingerprint density at radius 2 is 1.71 bits per heavy atom. The molecule has 0 spiro atoms. The van der Waals surface area contributed by atoms with Gasteiger partial charge in [0, 0.05) is 19.0 Å². The minimum atomic E-state index is -0.873. The Hall–Kier alpha value is -3.78. The lowest BCUT2D eigenvalue weighted by atomic mass is 9.88. The lowest BCUT2D eigenvalue weighted by molar-refractivity contribution is -0.156. The summed E-state index contributed by atoms with van der Waals surface area (Å²) in [6.45, 7) is 4.27. The third-order valence-electron chi connectivity index (χ3n) is 7.46. The van der Waals surface area contributed by atoms with Gasteiger partial charge < -0.3 is 21.3 Å². The molecule has 4 unspecified atom stereocenters. The number of halogens is 1. The fraction of sp³-hybridized carbons (Fsp3) is 0.367. The second-order valence-corrected chi connectivity index (χ2v) is 10.0. The van der Waals surface area contributed by atoms with Crippen molar-refractivity contribution in [3.05, 3.63) is 83.7 Å². The highest BCUT2D eigenvalue weighted by Gasteiger charge is 2.43. The smallest absolute Gasteiger partial charge is 0.246 e. The average molecular weight is 519 g/mol. The van der Waals surface area contributed by atoms with Crippen molar-refractivity contribution in [3.8, 4) is 0 Å². The van der Waals surface area contributed by atoms with Crippen LogP contribution < -0.4 is 11.5 Å². The summed E-state index contributed by atoms with van der Waals surface area (Å²) in [6.07, 6.45) is 1.35. The molecule has 0 radical (unpaired) electrons. The minimum Gasteiger partial charge on any atom is -0.368 e. The van der Waals surface area contributed by atoms with Crippen LogP contribution in [-0.2, 0) is 20.8 Å². The van der Waals surface area contributed by atoms with Crippen molar-refractivity contribution < 1.29 is 18.8 Å². The lowest BCUT2D eigenvalue weighted by Crippen LogP contribution is -2.65. The molecular weight excluding hydrogens is 483 g/mol. The molecule has 1 aliphatic rings. The standard InChI is InChI=1S/C30H35FN4O3/c1-3-6-26-30(38)35(16-15-34(26)29(37)25(32)17-20-9-13-24(31)14-10-20)27(28(33)36)19(2)22-12-11-21-7-4-5-8-23(21)18-22/h4-5,7-14,18-19,25-27H,3,6,15-17,32H2,1-2H3,(H2,33,36). The molecule has 1 heterocycles. The van der Waals surface area contributed by atoms with Crippen LogP contribution in [0.3, 0.4) is 0 Å². The molecule has 0 bridgehead atoms. The number of amides is 3. The van der Waals surface area contributed by atoms with E-state index in [9.17, 15) is 18.8 Å². The van der Waals surface area contributed by atoms with E-state index >= 15 is 0 Å². The monoisotopic (exact) mass is 518 g/mol. The van der Waals surface area contributed by atoms with Gasteiger partial charge in [-0.1, -0.05) is 74.9 Å². The zero-order valence-corrected chi connectivity index (χ0v) is 21.8. The predicted octanol–water partition coefficient (Wildman–Crippen LogP) is 3.35. The number of hydrogen-bond donors (Lipinski definition) is 2. The van der Waals surface area contributed by atoms with Crippen LogP contribution in [0.4, 0.5) is 4.39 Å². The number of piperazine rings is 1. The number of carbonyl (C=O) groups is 3. The van der Waals surface area contributed by atoms with Gasteiger partial charge in [-0.25, -0.2) is 4.39 Å². The molecule has 3 amide bonds. The van der Waals surface area contributed by atoms with Crippen molar-refractivity contribution in [2.45, 2.75) is 57.2 Å². The van der Waals surface area contributed by atoms with Crippen LogP contribution in [0.1, 0.15) is 43.7 Å². The van der Waals surface area contributed by atoms with Crippen LogP contribution >= 0.6 is 0 Å². The van der Waals surface area contributed by atoms with Crippen molar-refractivity contribution in [2.24, 2.45) is 11.5 Å². The number of benzene rings is 3. The van der Waals surface area contributed by atoms with Crippen molar-refractivity contribution in [1.29, 1.82) is 0 Å². The number of hydrogen-bond acceptors (Lipinski definition) is 4. The average Bonchev–Trinajstić information content (AvgIpc) is 2.91. The highest BCUT2D eigenvalue weighted by atomic mass is 19.1. The molecule has 1 saturated heterocycles. The molecule has 4 rings (SSSR count). The number of primary amides is 1. The maximum Gasteiger partial charge on any atom is 0.246 e. The van der Waals surface area contributed by atoms with Gasteiger partial charge in [0.2, 0.25) is 17.7 Å². The molecule has 1 aliphatic heterocycles. The molecule has 3 aromatic rings. The zero-order chi connectivity index (χ0) is 27.4. The van der Waals surface area contributed by atoms with Gasteiger partial charge in [-0.05, 0) is 46.9 Å². The van der Waals surface area contributed by atoms with E-state index in [1.807, 2.05) is 56.3 Å². The summed E-state index contributed by atoms with van der Waals surface area (Å²) in [6, 6.07) is 17.3. The van der Waals surface area contributed by atoms with E-state index in [2.05, 4.69) is 0 Å². The third kappa shape index (κ3) is 5.70. The molecule has 1 fully saturated rings. The number of rotatable bonds is 9. The lowest BCUT2D eigenvalue weighted by Gasteiger charge is -2.45. The molecule has 0 saturated carbocycles. The topological polar surface area (TPSA) is 110 Å². The molecule has 0 aromatic heterocycles.